The number of Topliss-reactive ketones (excluding diaryl/α,β-unsaturated/α-hetero) is 1. The molecule has 1 heterocycles. The van der Waals surface area contributed by atoms with Crippen LogP contribution in [0.3, 0.4) is 0 Å². The molecule has 3 nitrogen and oxygen atoms in total. The number of hydrogen-bond donors (Lipinski definition) is 1. The molecule has 0 radical (unpaired) electrons. The van der Waals surface area contributed by atoms with E-state index in [1.807, 2.05) is 25.1 Å². The second-order valence-corrected chi connectivity index (χ2v) is 6.39. The summed E-state index contributed by atoms with van der Waals surface area (Å²) in [6.07, 6.45) is 4.43. The molecular formula is C18H26ClNO2. The van der Waals surface area contributed by atoms with Crippen molar-refractivity contribution in [3.8, 4) is 0 Å². The lowest BCUT2D eigenvalue weighted by molar-refractivity contribution is -0.119. The van der Waals surface area contributed by atoms with Crippen molar-refractivity contribution in [3.05, 3.63) is 34.9 Å². The van der Waals surface area contributed by atoms with E-state index in [4.69, 9.17) is 16.3 Å². The Hall–Kier alpha value is -0.900. The summed E-state index contributed by atoms with van der Waals surface area (Å²) in [6.45, 7) is 4.60. The number of carbonyl (C=O) groups excluding carboxylic acids is 1. The highest BCUT2D eigenvalue weighted by molar-refractivity contribution is 6.30. The first-order valence-corrected chi connectivity index (χ1v) is 8.68. The quantitative estimate of drug-likeness (QED) is 0.730. The maximum absolute atomic E-state index is 11.4. The number of halogens is 1. The molecule has 1 fully saturated rings. The Balaban J connectivity index is 1.97. The van der Waals surface area contributed by atoms with Crippen LogP contribution >= 0.6 is 11.6 Å². The van der Waals surface area contributed by atoms with Crippen molar-refractivity contribution >= 4 is 17.4 Å². The molecule has 2 unspecified atom stereocenters. The number of carbonyl (C=O) groups is 1. The number of rotatable bonds is 8. The third-order valence-electron chi connectivity index (χ3n) is 4.23. The lowest BCUT2D eigenvalue weighted by atomic mass is 9.89. The molecule has 0 saturated carbocycles. The summed E-state index contributed by atoms with van der Waals surface area (Å²) >= 11 is 6.13. The van der Waals surface area contributed by atoms with E-state index in [1.54, 1.807) is 0 Å². The fourth-order valence-electron chi connectivity index (χ4n) is 2.98. The van der Waals surface area contributed by atoms with Gasteiger partial charge in [-0.05, 0) is 43.5 Å². The molecule has 2 rings (SSSR count). The summed E-state index contributed by atoms with van der Waals surface area (Å²) in [4.78, 5) is 11.4. The maximum atomic E-state index is 11.4. The Kier molecular flexibility index (Phi) is 7.37. The van der Waals surface area contributed by atoms with Gasteiger partial charge < -0.3 is 10.1 Å². The summed E-state index contributed by atoms with van der Waals surface area (Å²) in [5.41, 5.74) is 1.14. The second kappa shape index (κ2) is 9.29. The van der Waals surface area contributed by atoms with Crippen molar-refractivity contribution in [2.75, 3.05) is 19.7 Å². The molecule has 1 aliphatic rings. The monoisotopic (exact) mass is 323 g/mol. The first kappa shape index (κ1) is 17.5. The summed E-state index contributed by atoms with van der Waals surface area (Å²) in [5, 5.41) is 4.20. The highest BCUT2D eigenvalue weighted by atomic mass is 35.5. The predicted molar refractivity (Wildman–Crippen MR) is 90.3 cm³/mol. The summed E-state index contributed by atoms with van der Waals surface area (Å²) in [7, 11) is 0. The number of ether oxygens (including phenoxy) is 1. The number of piperidine rings is 1. The molecule has 0 amide bonds. The number of ketones is 1. The minimum atomic E-state index is 0.0585. The topological polar surface area (TPSA) is 38.3 Å². The molecular weight excluding hydrogens is 298 g/mol. The minimum Gasteiger partial charge on any atom is -0.373 e. The molecule has 122 valence electrons. The summed E-state index contributed by atoms with van der Waals surface area (Å²) in [6, 6.07) is 7.95. The van der Waals surface area contributed by atoms with Crippen LogP contribution in [-0.4, -0.2) is 25.5 Å². The fourth-order valence-corrected chi connectivity index (χ4v) is 3.18. The number of nitrogens with one attached hydrogen (secondary N) is 1. The molecule has 1 saturated heterocycles. The molecule has 4 heteroatoms. The van der Waals surface area contributed by atoms with Gasteiger partial charge in [0.1, 0.15) is 5.78 Å². The molecule has 22 heavy (non-hydrogen) atoms. The van der Waals surface area contributed by atoms with Crippen LogP contribution in [0.2, 0.25) is 5.02 Å². The Morgan fingerprint density at radius 3 is 3.05 bits per heavy atom. The zero-order valence-electron chi connectivity index (χ0n) is 13.3. The van der Waals surface area contributed by atoms with Crippen LogP contribution in [-0.2, 0) is 9.53 Å². The van der Waals surface area contributed by atoms with Gasteiger partial charge in [0.05, 0.1) is 6.10 Å². The molecule has 1 aromatic carbocycles. The van der Waals surface area contributed by atoms with Crippen LogP contribution in [0.25, 0.3) is 0 Å². The van der Waals surface area contributed by atoms with E-state index in [1.165, 1.54) is 6.42 Å². The Morgan fingerprint density at radius 2 is 2.36 bits per heavy atom. The van der Waals surface area contributed by atoms with Gasteiger partial charge in [-0.25, -0.2) is 0 Å². The molecule has 1 N–H and O–H groups in total. The Bertz CT molecular complexity index is 472. The molecule has 0 spiro atoms. The SMILES string of the molecule is CCC(=O)CCCOC(c1cccc(Cl)c1)C1CCCNC1. The van der Waals surface area contributed by atoms with Gasteiger partial charge in [0.25, 0.3) is 0 Å². The third kappa shape index (κ3) is 5.38. The van der Waals surface area contributed by atoms with E-state index in [0.717, 1.165) is 36.5 Å². The van der Waals surface area contributed by atoms with E-state index in [9.17, 15) is 4.79 Å². The first-order chi connectivity index (χ1) is 10.7. The first-order valence-electron chi connectivity index (χ1n) is 8.30. The standard InChI is InChI=1S/C18H26ClNO2/c1-2-17(21)9-5-11-22-18(15-7-4-10-20-13-15)14-6-3-8-16(19)12-14/h3,6,8,12,15,18,20H,2,4-5,7,9-11,13H2,1H3. The zero-order chi connectivity index (χ0) is 15.8. The molecule has 0 aromatic heterocycles. The average molecular weight is 324 g/mol. The van der Waals surface area contributed by atoms with Crippen LogP contribution in [0.15, 0.2) is 24.3 Å². The predicted octanol–water partition coefficient (Wildman–Crippen LogP) is 4.16. The Labute approximate surface area is 138 Å². The van der Waals surface area contributed by atoms with Gasteiger partial charge in [0.15, 0.2) is 0 Å². The molecule has 0 aliphatic carbocycles. The van der Waals surface area contributed by atoms with Crippen LogP contribution in [0.1, 0.15) is 50.7 Å². The summed E-state index contributed by atoms with van der Waals surface area (Å²) in [5.74, 6) is 0.774. The molecule has 1 aliphatic heterocycles. The van der Waals surface area contributed by atoms with Gasteiger partial charge in [0, 0.05) is 36.9 Å². The van der Waals surface area contributed by atoms with E-state index in [0.29, 0.717) is 31.1 Å². The van der Waals surface area contributed by atoms with E-state index in [-0.39, 0.29) is 6.10 Å². The van der Waals surface area contributed by atoms with Gasteiger partial charge >= 0.3 is 0 Å². The number of hydrogen-bond acceptors (Lipinski definition) is 3. The summed E-state index contributed by atoms with van der Waals surface area (Å²) < 4.78 is 6.17. The van der Waals surface area contributed by atoms with Gasteiger partial charge in [-0.3, -0.25) is 4.79 Å². The van der Waals surface area contributed by atoms with Crippen molar-refractivity contribution in [3.63, 3.8) is 0 Å². The molecule has 2 atom stereocenters. The third-order valence-corrected chi connectivity index (χ3v) is 4.47. The highest BCUT2D eigenvalue weighted by Gasteiger charge is 2.25. The van der Waals surface area contributed by atoms with E-state index < -0.39 is 0 Å². The smallest absolute Gasteiger partial charge is 0.132 e. The normalized spacial score (nSPS) is 19.8. The van der Waals surface area contributed by atoms with Crippen molar-refractivity contribution in [1.29, 1.82) is 0 Å². The number of benzene rings is 1. The van der Waals surface area contributed by atoms with Crippen molar-refractivity contribution in [1.82, 2.24) is 5.32 Å². The van der Waals surface area contributed by atoms with Gasteiger partial charge in [-0.15, -0.1) is 0 Å². The van der Waals surface area contributed by atoms with Gasteiger partial charge in [-0.1, -0.05) is 30.7 Å². The average Bonchev–Trinajstić information content (AvgIpc) is 2.55. The lowest BCUT2D eigenvalue weighted by Gasteiger charge is -2.31. The van der Waals surface area contributed by atoms with Crippen LogP contribution in [0.4, 0.5) is 0 Å². The fraction of sp³-hybridized carbons (Fsp3) is 0.611. The molecule has 0 bridgehead atoms. The van der Waals surface area contributed by atoms with Crippen LogP contribution < -0.4 is 5.32 Å². The zero-order valence-corrected chi connectivity index (χ0v) is 14.1. The highest BCUT2D eigenvalue weighted by Crippen LogP contribution is 2.32. The van der Waals surface area contributed by atoms with Crippen LogP contribution in [0, 0.1) is 5.92 Å². The molecule has 1 aromatic rings. The lowest BCUT2D eigenvalue weighted by Crippen LogP contribution is -2.34. The minimum absolute atomic E-state index is 0.0585. The van der Waals surface area contributed by atoms with Crippen molar-refractivity contribution in [2.24, 2.45) is 5.92 Å². The second-order valence-electron chi connectivity index (χ2n) is 5.95. The van der Waals surface area contributed by atoms with Crippen molar-refractivity contribution < 1.29 is 9.53 Å². The van der Waals surface area contributed by atoms with Crippen LogP contribution in [0.5, 0.6) is 0 Å². The van der Waals surface area contributed by atoms with Gasteiger partial charge in [-0.2, -0.15) is 0 Å². The maximum Gasteiger partial charge on any atom is 0.132 e. The van der Waals surface area contributed by atoms with E-state index >= 15 is 0 Å². The van der Waals surface area contributed by atoms with Gasteiger partial charge in [0.2, 0.25) is 0 Å². The van der Waals surface area contributed by atoms with E-state index in [2.05, 4.69) is 11.4 Å². The largest absolute Gasteiger partial charge is 0.373 e. The van der Waals surface area contributed by atoms with Crippen molar-refractivity contribution in [2.45, 2.75) is 45.1 Å². The Morgan fingerprint density at radius 1 is 1.50 bits per heavy atom.